The fraction of sp³-hybridized carbons (Fsp3) is 0.875. The lowest BCUT2D eigenvalue weighted by Crippen LogP contribution is -1.93. The first-order valence-electron chi connectivity index (χ1n) is 7.60. The summed E-state index contributed by atoms with van der Waals surface area (Å²) in [6.07, 6.45) is 17.1. The van der Waals surface area contributed by atoms with Crippen molar-refractivity contribution in [3.63, 3.8) is 0 Å². The van der Waals surface area contributed by atoms with E-state index in [0.29, 0.717) is 6.61 Å². The van der Waals surface area contributed by atoms with E-state index in [1.807, 2.05) is 6.08 Å². The average molecular weight is 240 g/mol. The fourth-order valence-electron chi connectivity index (χ4n) is 2.04. The maximum Gasteiger partial charge on any atom is 0.0644 e. The lowest BCUT2D eigenvalue weighted by atomic mass is 10.1. The highest BCUT2D eigenvalue weighted by Crippen LogP contribution is 2.11. The highest BCUT2D eigenvalue weighted by molar-refractivity contribution is 4.63. The van der Waals surface area contributed by atoms with Crippen molar-refractivity contribution >= 4 is 0 Å². The Bertz CT molecular complexity index is 142. The zero-order valence-electron chi connectivity index (χ0n) is 11.9. The molecule has 0 aromatic heterocycles. The monoisotopic (exact) mass is 240 g/mol. The van der Waals surface area contributed by atoms with Gasteiger partial charge in [-0.1, -0.05) is 77.2 Å². The number of rotatable bonds is 14. The summed E-state index contributed by atoms with van der Waals surface area (Å²) in [5, 5.41) is 0. The Morgan fingerprint density at radius 1 is 0.765 bits per heavy atom. The third-order valence-electron chi connectivity index (χ3n) is 3.13. The van der Waals surface area contributed by atoms with E-state index < -0.39 is 0 Å². The Morgan fingerprint density at radius 3 is 1.71 bits per heavy atom. The molecule has 0 aromatic rings. The van der Waals surface area contributed by atoms with Gasteiger partial charge in [-0.15, -0.1) is 6.58 Å². The summed E-state index contributed by atoms with van der Waals surface area (Å²) < 4.78 is 5.35. The van der Waals surface area contributed by atoms with Crippen molar-refractivity contribution in [1.29, 1.82) is 0 Å². The zero-order valence-corrected chi connectivity index (χ0v) is 11.9. The van der Waals surface area contributed by atoms with Crippen LogP contribution in [0.15, 0.2) is 12.7 Å². The lowest BCUT2D eigenvalue weighted by Gasteiger charge is -2.03. The summed E-state index contributed by atoms with van der Waals surface area (Å²) in [5.74, 6) is 0. The van der Waals surface area contributed by atoms with Crippen molar-refractivity contribution < 1.29 is 4.74 Å². The molecule has 0 rings (SSSR count). The van der Waals surface area contributed by atoms with Gasteiger partial charge in [-0.25, -0.2) is 0 Å². The second-order valence-electron chi connectivity index (χ2n) is 4.90. The first-order valence-corrected chi connectivity index (χ1v) is 7.60. The number of unbranched alkanes of at least 4 members (excludes halogenated alkanes) is 10. The number of ether oxygens (including phenoxy) is 1. The molecular weight excluding hydrogens is 208 g/mol. The molecule has 0 radical (unpaired) electrons. The Kier molecular flexibility index (Phi) is 15.4. The quantitative estimate of drug-likeness (QED) is 0.288. The van der Waals surface area contributed by atoms with Crippen LogP contribution in [-0.4, -0.2) is 13.2 Å². The second-order valence-corrected chi connectivity index (χ2v) is 4.90. The van der Waals surface area contributed by atoms with E-state index in [1.54, 1.807) is 0 Å². The van der Waals surface area contributed by atoms with Gasteiger partial charge < -0.3 is 4.74 Å². The van der Waals surface area contributed by atoms with Crippen LogP contribution in [0.2, 0.25) is 0 Å². The maximum absolute atomic E-state index is 5.35. The third-order valence-corrected chi connectivity index (χ3v) is 3.13. The highest BCUT2D eigenvalue weighted by atomic mass is 16.5. The van der Waals surface area contributed by atoms with Gasteiger partial charge in [0.25, 0.3) is 0 Å². The molecule has 0 aromatic carbocycles. The third kappa shape index (κ3) is 15.7. The molecule has 17 heavy (non-hydrogen) atoms. The first kappa shape index (κ1) is 16.7. The molecule has 0 spiro atoms. The summed E-state index contributed by atoms with van der Waals surface area (Å²) >= 11 is 0. The smallest absolute Gasteiger partial charge is 0.0644 e. The van der Waals surface area contributed by atoms with Crippen LogP contribution >= 0.6 is 0 Å². The largest absolute Gasteiger partial charge is 0.377 e. The van der Waals surface area contributed by atoms with Gasteiger partial charge in [0.15, 0.2) is 0 Å². The normalized spacial score (nSPS) is 10.6. The van der Waals surface area contributed by atoms with Crippen LogP contribution in [0.5, 0.6) is 0 Å². The van der Waals surface area contributed by atoms with Gasteiger partial charge >= 0.3 is 0 Å². The molecule has 0 aliphatic heterocycles. The maximum atomic E-state index is 5.35. The van der Waals surface area contributed by atoms with Gasteiger partial charge in [-0.3, -0.25) is 0 Å². The molecule has 1 nitrogen and oxygen atoms in total. The van der Waals surface area contributed by atoms with Crippen LogP contribution in [0, 0.1) is 0 Å². The van der Waals surface area contributed by atoms with Gasteiger partial charge in [0.2, 0.25) is 0 Å². The van der Waals surface area contributed by atoms with Crippen LogP contribution < -0.4 is 0 Å². The highest BCUT2D eigenvalue weighted by Gasteiger charge is 1.92. The lowest BCUT2D eigenvalue weighted by molar-refractivity contribution is 0.157. The molecule has 0 heterocycles. The van der Waals surface area contributed by atoms with E-state index in [4.69, 9.17) is 4.74 Å². The molecule has 0 saturated carbocycles. The van der Waals surface area contributed by atoms with Gasteiger partial charge in [-0.05, 0) is 6.42 Å². The van der Waals surface area contributed by atoms with Crippen LogP contribution in [-0.2, 0) is 4.74 Å². The minimum atomic E-state index is 0.706. The van der Waals surface area contributed by atoms with Gasteiger partial charge in [0.05, 0.1) is 6.61 Å². The van der Waals surface area contributed by atoms with Crippen molar-refractivity contribution in [2.75, 3.05) is 13.2 Å². The van der Waals surface area contributed by atoms with Crippen molar-refractivity contribution in [3.8, 4) is 0 Å². The zero-order chi connectivity index (χ0) is 12.6. The molecule has 0 saturated heterocycles. The Morgan fingerprint density at radius 2 is 1.24 bits per heavy atom. The SMILES string of the molecule is C=CCOCCCCCCCCCCCCC. The molecule has 1 heteroatoms. The minimum Gasteiger partial charge on any atom is -0.377 e. The van der Waals surface area contributed by atoms with Crippen molar-refractivity contribution in [3.05, 3.63) is 12.7 Å². The van der Waals surface area contributed by atoms with Gasteiger partial charge in [-0.2, -0.15) is 0 Å². The summed E-state index contributed by atoms with van der Waals surface area (Å²) in [5.41, 5.74) is 0. The molecule has 0 aliphatic rings. The number of hydrogen-bond donors (Lipinski definition) is 0. The molecule has 0 bridgehead atoms. The second kappa shape index (κ2) is 15.7. The van der Waals surface area contributed by atoms with Gasteiger partial charge in [0.1, 0.15) is 0 Å². The molecule has 0 atom stereocenters. The molecule has 0 unspecified atom stereocenters. The Balaban J connectivity index is 2.87. The Labute approximate surface area is 109 Å². The molecule has 102 valence electrons. The van der Waals surface area contributed by atoms with Crippen molar-refractivity contribution in [1.82, 2.24) is 0 Å². The van der Waals surface area contributed by atoms with Crippen molar-refractivity contribution in [2.45, 2.75) is 77.6 Å². The molecule has 0 aliphatic carbocycles. The number of hydrogen-bond acceptors (Lipinski definition) is 1. The molecule has 0 N–H and O–H groups in total. The fourth-order valence-corrected chi connectivity index (χ4v) is 2.04. The summed E-state index contributed by atoms with van der Waals surface area (Å²) in [4.78, 5) is 0. The summed E-state index contributed by atoms with van der Waals surface area (Å²) in [7, 11) is 0. The van der Waals surface area contributed by atoms with E-state index in [0.717, 1.165) is 6.61 Å². The molecule has 0 fully saturated rings. The molecule has 0 amide bonds. The van der Waals surface area contributed by atoms with E-state index in [9.17, 15) is 0 Å². The van der Waals surface area contributed by atoms with Crippen LogP contribution in [0.4, 0.5) is 0 Å². The summed E-state index contributed by atoms with van der Waals surface area (Å²) in [6, 6.07) is 0. The standard InChI is InChI=1S/C16H32O/c1-3-5-6-7-8-9-10-11-12-13-14-16-17-15-4-2/h4H,2-3,5-16H2,1H3. The topological polar surface area (TPSA) is 9.23 Å². The predicted molar refractivity (Wildman–Crippen MR) is 77.5 cm³/mol. The predicted octanol–water partition coefficient (Wildman–Crippen LogP) is 5.50. The van der Waals surface area contributed by atoms with Crippen LogP contribution in [0.1, 0.15) is 77.6 Å². The van der Waals surface area contributed by atoms with Crippen LogP contribution in [0.3, 0.4) is 0 Å². The molecular formula is C16H32O. The van der Waals surface area contributed by atoms with E-state index in [1.165, 1.54) is 70.6 Å². The first-order chi connectivity index (χ1) is 8.41. The average Bonchev–Trinajstić information content (AvgIpc) is 2.35. The Hall–Kier alpha value is -0.300. The minimum absolute atomic E-state index is 0.706. The van der Waals surface area contributed by atoms with E-state index >= 15 is 0 Å². The van der Waals surface area contributed by atoms with Crippen molar-refractivity contribution in [2.24, 2.45) is 0 Å². The van der Waals surface area contributed by atoms with E-state index in [-0.39, 0.29) is 0 Å². The summed E-state index contributed by atoms with van der Waals surface area (Å²) in [6.45, 7) is 7.52. The van der Waals surface area contributed by atoms with Crippen LogP contribution in [0.25, 0.3) is 0 Å². The van der Waals surface area contributed by atoms with E-state index in [2.05, 4.69) is 13.5 Å². The van der Waals surface area contributed by atoms with Gasteiger partial charge in [0, 0.05) is 6.61 Å².